The second kappa shape index (κ2) is 10.2. The summed E-state index contributed by atoms with van der Waals surface area (Å²) in [6.45, 7) is 5.52. The number of hydrogen-bond donors (Lipinski definition) is 1. The minimum Gasteiger partial charge on any atom is -0.481 e. The highest BCUT2D eigenvalue weighted by Crippen LogP contribution is 2.07. The van der Waals surface area contributed by atoms with Crippen LogP contribution in [0.5, 0.6) is 0 Å². The largest absolute Gasteiger partial charge is 0.481 e. The van der Waals surface area contributed by atoms with Crippen molar-refractivity contribution < 1.29 is 19.4 Å². The minimum atomic E-state index is -0.732. The van der Waals surface area contributed by atoms with Crippen LogP contribution in [0.25, 0.3) is 0 Å². The maximum absolute atomic E-state index is 11.0. The van der Waals surface area contributed by atoms with Crippen LogP contribution >= 0.6 is 11.8 Å². The molecule has 0 radical (unpaired) electrons. The summed E-state index contributed by atoms with van der Waals surface area (Å²) >= 11 is 1.71. The number of unbranched alkanes of at least 4 members (excludes halogenated alkanes) is 2. The van der Waals surface area contributed by atoms with Crippen molar-refractivity contribution in [2.75, 3.05) is 18.1 Å². The Kier molecular flexibility index (Phi) is 9.62. The van der Waals surface area contributed by atoms with E-state index in [1.807, 2.05) is 0 Å². The number of carbonyl (C=O) groups excluding carboxylic acids is 1. The molecule has 17 heavy (non-hydrogen) atoms. The Morgan fingerprint density at radius 1 is 1.24 bits per heavy atom. The lowest BCUT2D eigenvalue weighted by Gasteiger charge is -2.04. The van der Waals surface area contributed by atoms with E-state index in [9.17, 15) is 9.59 Å². The van der Waals surface area contributed by atoms with E-state index in [2.05, 4.69) is 6.58 Å². The molecule has 0 unspecified atom stereocenters. The quantitative estimate of drug-likeness (QED) is 0.371. The predicted molar refractivity (Wildman–Crippen MR) is 69.2 cm³/mol. The molecule has 1 N–H and O–H groups in total. The molecule has 98 valence electrons. The number of ether oxygens (including phenoxy) is 1. The van der Waals surface area contributed by atoms with Gasteiger partial charge in [-0.2, -0.15) is 11.8 Å². The van der Waals surface area contributed by atoms with Crippen molar-refractivity contribution in [1.82, 2.24) is 0 Å². The van der Waals surface area contributed by atoms with Gasteiger partial charge in [-0.25, -0.2) is 4.79 Å². The Balaban J connectivity index is 3.16. The van der Waals surface area contributed by atoms with E-state index >= 15 is 0 Å². The van der Waals surface area contributed by atoms with Gasteiger partial charge in [-0.15, -0.1) is 0 Å². The van der Waals surface area contributed by atoms with Crippen molar-refractivity contribution in [3.05, 3.63) is 12.2 Å². The van der Waals surface area contributed by atoms with Gasteiger partial charge in [0.2, 0.25) is 0 Å². The summed E-state index contributed by atoms with van der Waals surface area (Å²) in [6.07, 6.45) is 2.93. The number of carboxylic acids is 1. The number of carbonyl (C=O) groups is 2. The van der Waals surface area contributed by atoms with E-state index in [0.29, 0.717) is 12.2 Å². The second-order valence-corrected chi connectivity index (χ2v) is 4.96. The summed E-state index contributed by atoms with van der Waals surface area (Å²) < 4.78 is 4.93. The molecule has 0 amide bonds. The highest BCUT2D eigenvalue weighted by atomic mass is 32.2. The number of rotatable bonds is 10. The molecular formula is C12H20O4S. The van der Waals surface area contributed by atoms with Crippen LogP contribution in [0.1, 0.15) is 32.6 Å². The molecule has 0 saturated carbocycles. The fourth-order valence-corrected chi connectivity index (χ4v) is 1.89. The fourth-order valence-electron chi connectivity index (χ4n) is 1.08. The van der Waals surface area contributed by atoms with Crippen LogP contribution in [-0.4, -0.2) is 35.2 Å². The molecule has 0 aliphatic carbocycles. The maximum atomic E-state index is 11.0. The normalized spacial score (nSPS) is 9.94. The van der Waals surface area contributed by atoms with E-state index in [1.54, 1.807) is 18.7 Å². The predicted octanol–water partition coefficient (Wildman–Crippen LogP) is 2.48. The van der Waals surface area contributed by atoms with Gasteiger partial charge in [0.25, 0.3) is 0 Å². The van der Waals surface area contributed by atoms with Crippen LogP contribution in [0.2, 0.25) is 0 Å². The Morgan fingerprint density at radius 2 is 1.94 bits per heavy atom. The lowest BCUT2D eigenvalue weighted by Crippen LogP contribution is -2.07. The van der Waals surface area contributed by atoms with E-state index in [4.69, 9.17) is 9.84 Å². The van der Waals surface area contributed by atoms with Crippen LogP contribution < -0.4 is 0 Å². The molecule has 0 aromatic rings. The van der Waals surface area contributed by atoms with Crippen molar-refractivity contribution in [1.29, 1.82) is 0 Å². The average molecular weight is 260 g/mol. The lowest BCUT2D eigenvalue weighted by atomic mass is 10.2. The zero-order chi connectivity index (χ0) is 13.1. The summed E-state index contributed by atoms with van der Waals surface area (Å²) in [5.74, 6) is 0.679. The van der Waals surface area contributed by atoms with Crippen LogP contribution in [0, 0.1) is 0 Å². The van der Waals surface area contributed by atoms with Gasteiger partial charge >= 0.3 is 11.9 Å². The summed E-state index contributed by atoms with van der Waals surface area (Å²) in [5.41, 5.74) is 0.420. The van der Waals surface area contributed by atoms with Gasteiger partial charge in [0.15, 0.2) is 0 Å². The summed E-state index contributed by atoms with van der Waals surface area (Å²) in [6, 6.07) is 0. The van der Waals surface area contributed by atoms with Gasteiger partial charge in [-0.05, 0) is 25.5 Å². The molecule has 0 rings (SSSR count). The van der Waals surface area contributed by atoms with Gasteiger partial charge in [-0.3, -0.25) is 4.79 Å². The number of hydrogen-bond acceptors (Lipinski definition) is 4. The van der Waals surface area contributed by atoms with E-state index in [-0.39, 0.29) is 12.4 Å². The van der Waals surface area contributed by atoms with Crippen molar-refractivity contribution >= 4 is 23.7 Å². The first-order chi connectivity index (χ1) is 8.04. The highest BCUT2D eigenvalue weighted by Gasteiger charge is 2.02. The molecular weight excluding hydrogens is 240 g/mol. The number of thioether (sulfide) groups is 1. The van der Waals surface area contributed by atoms with Crippen LogP contribution in [0.4, 0.5) is 0 Å². The van der Waals surface area contributed by atoms with Crippen molar-refractivity contribution in [2.45, 2.75) is 32.6 Å². The molecule has 0 atom stereocenters. The van der Waals surface area contributed by atoms with Gasteiger partial charge in [0, 0.05) is 17.7 Å². The molecule has 0 aromatic heterocycles. The summed E-state index contributed by atoms with van der Waals surface area (Å²) in [5, 5.41) is 8.42. The first-order valence-electron chi connectivity index (χ1n) is 5.66. The zero-order valence-corrected chi connectivity index (χ0v) is 11.1. The summed E-state index contributed by atoms with van der Waals surface area (Å²) in [7, 11) is 0. The third-order valence-corrected chi connectivity index (χ3v) is 3.02. The van der Waals surface area contributed by atoms with Gasteiger partial charge in [-0.1, -0.05) is 13.0 Å². The Labute approximate surface area is 106 Å². The Bertz CT molecular complexity index is 263. The van der Waals surface area contributed by atoms with E-state index in [1.165, 1.54) is 0 Å². The molecule has 0 bridgehead atoms. The first-order valence-corrected chi connectivity index (χ1v) is 6.81. The van der Waals surface area contributed by atoms with Gasteiger partial charge in [0.1, 0.15) is 6.61 Å². The van der Waals surface area contributed by atoms with Crippen molar-refractivity contribution in [2.24, 2.45) is 0 Å². The standard InChI is InChI=1S/C12H20O4S/c1-10(2)12(15)16-7-9-17-8-5-3-4-6-11(13)14/h1,3-9H2,2H3,(H,13,14). The van der Waals surface area contributed by atoms with Crippen molar-refractivity contribution in [3.8, 4) is 0 Å². The number of esters is 1. The molecule has 0 aromatic carbocycles. The van der Waals surface area contributed by atoms with Gasteiger partial charge < -0.3 is 9.84 Å². The van der Waals surface area contributed by atoms with Crippen molar-refractivity contribution in [3.63, 3.8) is 0 Å². The highest BCUT2D eigenvalue weighted by molar-refractivity contribution is 7.99. The second-order valence-electron chi connectivity index (χ2n) is 3.73. The molecule has 0 heterocycles. The Morgan fingerprint density at radius 3 is 2.53 bits per heavy atom. The molecule has 0 aliphatic rings. The first kappa shape index (κ1) is 16.0. The molecule has 0 spiro atoms. The average Bonchev–Trinajstić information content (AvgIpc) is 2.25. The summed E-state index contributed by atoms with van der Waals surface area (Å²) in [4.78, 5) is 21.2. The topological polar surface area (TPSA) is 63.6 Å². The van der Waals surface area contributed by atoms with E-state index < -0.39 is 5.97 Å². The molecule has 5 heteroatoms. The third kappa shape index (κ3) is 11.3. The van der Waals surface area contributed by atoms with Crippen LogP contribution in [-0.2, 0) is 14.3 Å². The number of aliphatic carboxylic acids is 1. The van der Waals surface area contributed by atoms with E-state index in [0.717, 1.165) is 30.8 Å². The van der Waals surface area contributed by atoms with Crippen LogP contribution in [0.3, 0.4) is 0 Å². The molecule has 0 aliphatic heterocycles. The minimum absolute atomic E-state index is 0.251. The van der Waals surface area contributed by atoms with Gasteiger partial charge in [0.05, 0.1) is 0 Å². The third-order valence-electron chi connectivity index (χ3n) is 1.99. The van der Waals surface area contributed by atoms with Crippen LogP contribution in [0.15, 0.2) is 12.2 Å². The Hall–Kier alpha value is -0.970. The number of carboxylic acid groups (broad SMARTS) is 1. The maximum Gasteiger partial charge on any atom is 0.333 e. The monoisotopic (exact) mass is 260 g/mol. The molecule has 0 saturated heterocycles. The molecule has 0 fully saturated rings. The lowest BCUT2D eigenvalue weighted by molar-refractivity contribution is -0.138. The molecule has 4 nitrogen and oxygen atoms in total. The smallest absolute Gasteiger partial charge is 0.333 e. The SMILES string of the molecule is C=C(C)C(=O)OCCSCCCCCC(=O)O. The zero-order valence-electron chi connectivity index (χ0n) is 10.2. The fraction of sp³-hybridized carbons (Fsp3) is 0.667.